The smallest absolute Gasteiger partial charge is 0.255 e. The number of benzene rings is 1. The lowest BCUT2D eigenvalue weighted by Gasteiger charge is -2.19. The van der Waals surface area contributed by atoms with Gasteiger partial charge in [0.05, 0.1) is 10.5 Å². The second-order valence-electron chi connectivity index (χ2n) is 5.09. The first-order chi connectivity index (χ1) is 9.12. The van der Waals surface area contributed by atoms with Gasteiger partial charge in [0, 0.05) is 13.6 Å². The fourth-order valence-corrected chi connectivity index (χ4v) is 2.39. The molecule has 0 saturated carbocycles. The second-order valence-corrected chi connectivity index (χ2v) is 6.62. The summed E-state index contributed by atoms with van der Waals surface area (Å²) in [5, 5.41) is 5.05. The Hall–Kier alpha value is -1.47. The Morgan fingerprint density at radius 1 is 1.40 bits per heavy atom. The van der Waals surface area contributed by atoms with Crippen LogP contribution in [-0.2, 0) is 10.0 Å². The van der Waals surface area contributed by atoms with Crippen molar-refractivity contribution >= 4 is 15.9 Å². The SMILES string of the molecule is CC(C)CCN(C)C(=O)c1cc(F)ccc1S(N)(=O)=O. The van der Waals surface area contributed by atoms with E-state index in [1.165, 1.54) is 4.90 Å². The number of rotatable bonds is 5. The van der Waals surface area contributed by atoms with E-state index in [9.17, 15) is 17.6 Å². The molecule has 0 bridgehead atoms. The molecule has 0 fully saturated rings. The van der Waals surface area contributed by atoms with E-state index < -0.39 is 21.7 Å². The van der Waals surface area contributed by atoms with Gasteiger partial charge in [0.2, 0.25) is 10.0 Å². The molecule has 0 radical (unpaired) electrons. The minimum atomic E-state index is -4.07. The number of carbonyl (C=O) groups excluding carboxylic acids is 1. The van der Waals surface area contributed by atoms with E-state index in [-0.39, 0.29) is 10.5 Å². The maximum Gasteiger partial charge on any atom is 0.255 e. The number of nitrogens with two attached hydrogens (primary N) is 1. The van der Waals surface area contributed by atoms with Crippen LogP contribution in [-0.4, -0.2) is 32.8 Å². The van der Waals surface area contributed by atoms with E-state index >= 15 is 0 Å². The van der Waals surface area contributed by atoms with Crippen molar-refractivity contribution in [2.24, 2.45) is 11.1 Å². The van der Waals surface area contributed by atoms with Crippen molar-refractivity contribution in [2.75, 3.05) is 13.6 Å². The number of carbonyl (C=O) groups is 1. The highest BCUT2D eigenvalue weighted by Crippen LogP contribution is 2.18. The van der Waals surface area contributed by atoms with E-state index in [0.717, 1.165) is 24.6 Å². The van der Waals surface area contributed by atoms with Gasteiger partial charge in [-0.2, -0.15) is 0 Å². The van der Waals surface area contributed by atoms with Crippen molar-refractivity contribution < 1.29 is 17.6 Å². The topological polar surface area (TPSA) is 80.5 Å². The minimum Gasteiger partial charge on any atom is -0.342 e. The van der Waals surface area contributed by atoms with Crippen molar-refractivity contribution in [1.29, 1.82) is 0 Å². The molecule has 1 amide bonds. The first-order valence-electron chi connectivity index (χ1n) is 6.20. The molecule has 1 aromatic carbocycles. The van der Waals surface area contributed by atoms with Crippen LogP contribution >= 0.6 is 0 Å². The molecule has 0 saturated heterocycles. The molecular weight excluding hydrogens is 283 g/mol. The van der Waals surface area contributed by atoms with Crippen LogP contribution in [0.15, 0.2) is 23.1 Å². The Morgan fingerprint density at radius 2 is 2.00 bits per heavy atom. The number of amides is 1. The van der Waals surface area contributed by atoms with Crippen molar-refractivity contribution in [3.8, 4) is 0 Å². The van der Waals surface area contributed by atoms with E-state index in [4.69, 9.17) is 5.14 Å². The Labute approximate surface area is 118 Å². The molecule has 1 rings (SSSR count). The van der Waals surface area contributed by atoms with Gasteiger partial charge in [-0.1, -0.05) is 13.8 Å². The third kappa shape index (κ3) is 4.28. The standard InChI is InChI=1S/C13H19FN2O3S/c1-9(2)6-7-16(3)13(17)11-8-10(14)4-5-12(11)20(15,18)19/h4-5,8-9H,6-7H2,1-3H3,(H2,15,18,19). The predicted molar refractivity (Wildman–Crippen MR) is 74.2 cm³/mol. The first-order valence-corrected chi connectivity index (χ1v) is 7.75. The van der Waals surface area contributed by atoms with Crippen LogP contribution in [0.2, 0.25) is 0 Å². The Kier molecular flexibility index (Phi) is 5.24. The molecule has 2 N–H and O–H groups in total. The summed E-state index contributed by atoms with van der Waals surface area (Å²) in [4.78, 5) is 13.2. The summed E-state index contributed by atoms with van der Waals surface area (Å²) < 4.78 is 36.2. The molecule has 5 nitrogen and oxygen atoms in total. The number of halogens is 1. The lowest BCUT2D eigenvalue weighted by molar-refractivity contribution is 0.0785. The van der Waals surface area contributed by atoms with Gasteiger partial charge < -0.3 is 4.90 Å². The monoisotopic (exact) mass is 302 g/mol. The zero-order valence-electron chi connectivity index (χ0n) is 11.8. The van der Waals surface area contributed by atoms with Gasteiger partial charge in [-0.05, 0) is 30.5 Å². The van der Waals surface area contributed by atoms with Crippen LogP contribution in [0.3, 0.4) is 0 Å². The normalized spacial score (nSPS) is 11.7. The van der Waals surface area contributed by atoms with E-state index in [1.807, 2.05) is 13.8 Å². The van der Waals surface area contributed by atoms with Crippen molar-refractivity contribution in [3.63, 3.8) is 0 Å². The highest BCUT2D eigenvalue weighted by Gasteiger charge is 2.22. The first kappa shape index (κ1) is 16.6. The maximum atomic E-state index is 13.3. The molecule has 0 aliphatic carbocycles. The van der Waals surface area contributed by atoms with E-state index in [1.54, 1.807) is 7.05 Å². The molecule has 0 aliphatic rings. The largest absolute Gasteiger partial charge is 0.342 e. The average molecular weight is 302 g/mol. The second kappa shape index (κ2) is 6.32. The fraction of sp³-hybridized carbons (Fsp3) is 0.462. The van der Waals surface area contributed by atoms with Crippen LogP contribution < -0.4 is 5.14 Å². The van der Waals surface area contributed by atoms with Crippen LogP contribution in [0, 0.1) is 11.7 Å². The molecule has 0 unspecified atom stereocenters. The molecule has 7 heteroatoms. The van der Waals surface area contributed by atoms with E-state index in [2.05, 4.69) is 0 Å². The minimum absolute atomic E-state index is 0.237. The summed E-state index contributed by atoms with van der Waals surface area (Å²) in [6.45, 7) is 4.48. The Morgan fingerprint density at radius 3 is 2.50 bits per heavy atom. The Bertz CT molecular complexity index is 600. The highest BCUT2D eigenvalue weighted by atomic mass is 32.2. The van der Waals surface area contributed by atoms with Gasteiger partial charge in [0.1, 0.15) is 5.82 Å². The molecule has 0 aliphatic heterocycles. The van der Waals surface area contributed by atoms with Crippen LogP contribution in [0.5, 0.6) is 0 Å². The van der Waals surface area contributed by atoms with Crippen LogP contribution in [0.25, 0.3) is 0 Å². The van der Waals surface area contributed by atoms with Crippen LogP contribution in [0.1, 0.15) is 30.6 Å². The average Bonchev–Trinajstić information content (AvgIpc) is 2.33. The van der Waals surface area contributed by atoms with Gasteiger partial charge in [0.15, 0.2) is 0 Å². The van der Waals surface area contributed by atoms with Crippen LogP contribution in [0.4, 0.5) is 4.39 Å². The fourth-order valence-electron chi connectivity index (χ4n) is 1.68. The van der Waals surface area contributed by atoms with Gasteiger partial charge >= 0.3 is 0 Å². The summed E-state index contributed by atoms with van der Waals surface area (Å²) in [7, 11) is -2.53. The Balaban J connectivity index is 3.12. The molecule has 20 heavy (non-hydrogen) atoms. The molecule has 0 aromatic heterocycles. The van der Waals surface area contributed by atoms with Crippen molar-refractivity contribution in [3.05, 3.63) is 29.6 Å². The summed E-state index contributed by atoms with van der Waals surface area (Å²) in [6.07, 6.45) is 0.766. The van der Waals surface area contributed by atoms with Crippen molar-refractivity contribution in [2.45, 2.75) is 25.2 Å². The van der Waals surface area contributed by atoms with E-state index in [0.29, 0.717) is 12.5 Å². The zero-order chi connectivity index (χ0) is 15.5. The number of sulfonamides is 1. The quantitative estimate of drug-likeness (QED) is 0.897. The van der Waals surface area contributed by atoms with Gasteiger partial charge in [-0.25, -0.2) is 17.9 Å². The maximum absolute atomic E-state index is 13.3. The molecule has 0 atom stereocenters. The summed E-state index contributed by atoms with van der Waals surface area (Å²) >= 11 is 0. The molecule has 1 aromatic rings. The lowest BCUT2D eigenvalue weighted by atomic mass is 10.1. The van der Waals surface area contributed by atoms with Crippen molar-refractivity contribution in [1.82, 2.24) is 4.90 Å². The highest BCUT2D eigenvalue weighted by molar-refractivity contribution is 7.89. The number of hydrogen-bond acceptors (Lipinski definition) is 3. The third-order valence-corrected chi connectivity index (χ3v) is 3.84. The zero-order valence-corrected chi connectivity index (χ0v) is 12.6. The molecular formula is C13H19FN2O3S. The summed E-state index contributed by atoms with van der Waals surface area (Å²) in [6, 6.07) is 2.87. The lowest BCUT2D eigenvalue weighted by Crippen LogP contribution is -2.30. The van der Waals surface area contributed by atoms with Gasteiger partial charge in [-0.3, -0.25) is 4.79 Å². The third-order valence-electron chi connectivity index (χ3n) is 2.87. The molecule has 112 valence electrons. The molecule has 0 heterocycles. The number of primary sulfonamides is 1. The summed E-state index contributed by atoms with van der Waals surface area (Å²) in [5.74, 6) is -0.845. The summed E-state index contributed by atoms with van der Waals surface area (Å²) in [5.41, 5.74) is -0.237. The number of hydrogen-bond donors (Lipinski definition) is 1. The number of nitrogens with zero attached hydrogens (tertiary/aromatic N) is 1. The van der Waals surface area contributed by atoms with Gasteiger partial charge in [0.25, 0.3) is 5.91 Å². The predicted octanol–water partition coefficient (Wildman–Crippen LogP) is 1.59. The van der Waals surface area contributed by atoms with Gasteiger partial charge in [-0.15, -0.1) is 0 Å². The molecule has 0 spiro atoms.